The Kier molecular flexibility index (Phi) is 9.20. The van der Waals surface area contributed by atoms with Gasteiger partial charge in [0.1, 0.15) is 23.8 Å². The molecule has 0 spiro atoms. The highest BCUT2D eigenvalue weighted by Crippen LogP contribution is 2.37. The number of thiocarbonyl (C=S) groups is 1. The van der Waals surface area contributed by atoms with Crippen LogP contribution in [0.4, 0.5) is 0 Å². The second kappa shape index (κ2) is 11.6. The lowest BCUT2D eigenvalue weighted by Gasteiger charge is -2.30. The van der Waals surface area contributed by atoms with E-state index in [4.69, 9.17) is 26.4 Å². The Morgan fingerprint density at radius 1 is 1.33 bits per heavy atom. The molecule has 162 valence electrons. The zero-order chi connectivity index (χ0) is 22.1. The Bertz CT molecular complexity index is 838. The van der Waals surface area contributed by atoms with Crippen molar-refractivity contribution < 1.29 is 23.9 Å². The molecule has 1 aromatic rings. The summed E-state index contributed by atoms with van der Waals surface area (Å²) in [5, 5.41) is 12.4. The summed E-state index contributed by atoms with van der Waals surface area (Å²) in [4.78, 5) is 14.3. The maximum Gasteiger partial charge on any atom is 0.336 e. The Morgan fingerprint density at radius 2 is 1.97 bits per heavy atom. The van der Waals surface area contributed by atoms with E-state index in [1.807, 2.05) is 12.1 Å². The highest BCUT2D eigenvalue weighted by Gasteiger charge is 2.34. The van der Waals surface area contributed by atoms with Crippen LogP contribution < -0.4 is 15.0 Å². The van der Waals surface area contributed by atoms with Gasteiger partial charge in [-0.15, -0.1) is 0 Å². The van der Waals surface area contributed by atoms with Crippen molar-refractivity contribution in [1.29, 1.82) is 0 Å². The number of hydrogen-bond acceptors (Lipinski definition) is 5. The molecule has 0 radical (unpaired) electrons. The number of benzene rings is 1. The molecule has 2 heterocycles. The van der Waals surface area contributed by atoms with Gasteiger partial charge in [-0.1, -0.05) is 24.4 Å². The number of ether oxygens (including phenoxy) is 3. The Morgan fingerprint density at radius 3 is 2.43 bits per heavy atom. The number of carbonyl (C=O) groups is 1. The number of esters is 1. The van der Waals surface area contributed by atoms with Gasteiger partial charge in [0.05, 0.1) is 45.5 Å². The average Bonchev–Trinajstić information content (AvgIpc) is 2.74. The number of rotatable bonds is 4. The molecule has 2 N–H and O–H groups in total. The molecule has 0 aliphatic carbocycles. The molecule has 0 aromatic heterocycles. The van der Waals surface area contributed by atoms with E-state index >= 15 is 0 Å². The molecule has 2 aliphatic heterocycles. The third-order valence-electron chi connectivity index (χ3n) is 4.94. The molecule has 7 nitrogen and oxygen atoms in total. The first-order chi connectivity index (χ1) is 14.4. The van der Waals surface area contributed by atoms with E-state index in [0.717, 1.165) is 18.8 Å². The summed E-state index contributed by atoms with van der Waals surface area (Å²) < 4.78 is 15.4. The van der Waals surface area contributed by atoms with Crippen LogP contribution in [0.3, 0.4) is 0 Å². The predicted octanol–water partition coefficient (Wildman–Crippen LogP) is 1.24. The summed E-state index contributed by atoms with van der Waals surface area (Å²) >= 11 is 5.25. The fourth-order valence-corrected chi connectivity index (χ4v) is 3.56. The average molecular weight is 432 g/mol. The molecule has 0 bridgehead atoms. The molecule has 1 atom stereocenters. The highest BCUT2D eigenvalue weighted by atomic mass is 32.1. The Balaban J connectivity index is 0.000000386. The van der Waals surface area contributed by atoms with E-state index in [9.17, 15) is 10.2 Å². The molecular formula is C22H29N3O4S. The number of likely N-dealkylation sites (N-methyl/N-ethyl adjacent to an activating group) is 1. The van der Waals surface area contributed by atoms with Gasteiger partial charge in [0.15, 0.2) is 0 Å². The first kappa shape index (κ1) is 23.8. The standard InChI is InChI=1S/C17H17N2O3S.C5H11NO/c1-4-22-17(20)14-10(2)19-16(23)13(9-18)15(14)11-5-7-12(21-3)8-6-11;1-6-2-4-7-5-3-6/h5-8,15H,4H2,1-3H3,(H,19,23);2-5H2,1H3/q-1;/p+1. The van der Waals surface area contributed by atoms with Crippen LogP contribution >= 0.6 is 12.2 Å². The van der Waals surface area contributed by atoms with E-state index in [1.165, 1.54) is 13.1 Å². The van der Waals surface area contributed by atoms with Crippen LogP contribution in [0.2, 0.25) is 0 Å². The van der Waals surface area contributed by atoms with Crippen LogP contribution in [0, 0.1) is 0 Å². The smallest absolute Gasteiger partial charge is 0.336 e. The number of hydrogen-bond donors (Lipinski definition) is 2. The van der Waals surface area contributed by atoms with Gasteiger partial charge in [-0.25, -0.2) is 4.79 Å². The monoisotopic (exact) mass is 431 g/mol. The quantitative estimate of drug-likeness (QED) is 0.323. The van der Waals surface area contributed by atoms with Gasteiger partial charge in [0, 0.05) is 11.3 Å². The summed E-state index contributed by atoms with van der Waals surface area (Å²) in [5.74, 6) is 1.82. The second-order valence-corrected chi connectivity index (χ2v) is 7.42. The van der Waals surface area contributed by atoms with Crippen molar-refractivity contribution in [2.24, 2.45) is 0 Å². The topological polar surface area (TPSA) is 83.5 Å². The van der Waals surface area contributed by atoms with Gasteiger partial charge in [-0.2, -0.15) is 0 Å². The van der Waals surface area contributed by atoms with Crippen molar-refractivity contribution in [3.05, 3.63) is 52.1 Å². The molecule has 1 unspecified atom stereocenters. The van der Waals surface area contributed by atoms with E-state index in [2.05, 4.69) is 18.2 Å². The second-order valence-electron chi connectivity index (χ2n) is 7.01. The lowest BCUT2D eigenvalue weighted by molar-refractivity contribution is -0.888. The van der Waals surface area contributed by atoms with Crippen LogP contribution in [0.1, 0.15) is 25.3 Å². The van der Waals surface area contributed by atoms with E-state index < -0.39 is 11.9 Å². The summed E-state index contributed by atoms with van der Waals surface area (Å²) in [6, 6.07) is 7.21. The predicted molar refractivity (Wildman–Crippen MR) is 120 cm³/mol. The summed E-state index contributed by atoms with van der Waals surface area (Å²) in [5.41, 5.74) is 2.13. The molecular weight excluding hydrogens is 402 g/mol. The number of quaternary nitrogens is 1. The lowest BCUT2D eigenvalue weighted by Crippen LogP contribution is -3.11. The van der Waals surface area contributed by atoms with Crippen molar-refractivity contribution >= 4 is 29.0 Å². The number of morpholine rings is 1. The summed E-state index contributed by atoms with van der Waals surface area (Å²) in [7, 11) is 3.78. The van der Waals surface area contributed by atoms with Gasteiger partial charge in [0.25, 0.3) is 0 Å². The van der Waals surface area contributed by atoms with Gasteiger partial charge in [-0.3, -0.25) is 5.87 Å². The molecule has 2 aliphatic rings. The molecule has 0 saturated carbocycles. The third kappa shape index (κ3) is 6.00. The third-order valence-corrected chi connectivity index (χ3v) is 5.26. The summed E-state index contributed by atoms with van der Waals surface area (Å²) in [6.07, 6.45) is 0. The van der Waals surface area contributed by atoms with Crippen LogP contribution in [0.15, 0.2) is 41.1 Å². The van der Waals surface area contributed by atoms with Crippen molar-refractivity contribution in [2.45, 2.75) is 19.8 Å². The SMILES string of the molecule is CCOC(=O)C1=C(C)NC(=S)C(=C=[N-])C1c1ccc(OC)cc1.C[NH+]1CCOCC1. The number of allylic oxidation sites excluding steroid dienone is 1. The first-order valence-corrected chi connectivity index (χ1v) is 10.3. The minimum absolute atomic E-state index is 0.261. The minimum atomic E-state index is -0.543. The largest absolute Gasteiger partial charge is 0.763 e. The van der Waals surface area contributed by atoms with Crippen molar-refractivity contribution in [1.82, 2.24) is 5.32 Å². The number of methoxy groups -OCH3 is 1. The van der Waals surface area contributed by atoms with E-state index in [1.54, 1.807) is 38.0 Å². The van der Waals surface area contributed by atoms with Crippen molar-refractivity contribution in [3.63, 3.8) is 0 Å². The molecule has 1 saturated heterocycles. The minimum Gasteiger partial charge on any atom is -0.763 e. The maximum absolute atomic E-state index is 12.4. The fraction of sp³-hybridized carbons (Fsp3) is 0.455. The highest BCUT2D eigenvalue weighted by molar-refractivity contribution is 7.80. The van der Waals surface area contributed by atoms with Crippen LogP contribution in [-0.2, 0) is 14.3 Å². The van der Waals surface area contributed by atoms with E-state index in [0.29, 0.717) is 27.6 Å². The fourth-order valence-electron chi connectivity index (χ4n) is 3.24. The maximum atomic E-state index is 12.4. The van der Waals surface area contributed by atoms with E-state index in [-0.39, 0.29) is 6.61 Å². The van der Waals surface area contributed by atoms with Crippen molar-refractivity contribution in [3.8, 4) is 5.75 Å². The van der Waals surface area contributed by atoms with Crippen LogP contribution in [0.25, 0.3) is 5.41 Å². The van der Waals surface area contributed by atoms with Crippen molar-refractivity contribution in [2.75, 3.05) is 47.1 Å². The number of nitrogens with one attached hydrogen (secondary N) is 2. The number of carbonyl (C=O) groups excluding carboxylic acids is 1. The number of nitrogens with zero attached hydrogens (tertiary/aromatic N) is 1. The summed E-state index contributed by atoms with van der Waals surface area (Å²) in [6.45, 7) is 8.02. The Labute approximate surface area is 183 Å². The Hall–Kier alpha value is -2.51. The molecule has 8 heteroatoms. The zero-order valence-electron chi connectivity index (χ0n) is 17.9. The normalized spacial score (nSPS) is 19.3. The van der Waals surface area contributed by atoms with Crippen LogP contribution in [0.5, 0.6) is 5.75 Å². The molecule has 30 heavy (non-hydrogen) atoms. The lowest BCUT2D eigenvalue weighted by atomic mass is 9.81. The van der Waals surface area contributed by atoms with Gasteiger partial charge < -0.3 is 29.8 Å². The molecule has 1 aromatic carbocycles. The molecule has 0 amide bonds. The molecule has 3 rings (SSSR count). The van der Waals surface area contributed by atoms with Gasteiger partial charge in [-0.05, 0) is 31.5 Å². The molecule has 1 fully saturated rings. The van der Waals surface area contributed by atoms with Crippen LogP contribution in [-0.4, -0.2) is 63.9 Å². The first-order valence-electron chi connectivity index (χ1n) is 9.92. The van der Waals surface area contributed by atoms with Gasteiger partial charge >= 0.3 is 5.97 Å². The van der Waals surface area contributed by atoms with Gasteiger partial charge in [0.2, 0.25) is 0 Å². The zero-order valence-corrected chi connectivity index (χ0v) is 18.7.